The van der Waals surface area contributed by atoms with Gasteiger partial charge < -0.3 is 16.2 Å². The number of carbonyl (C=O) groups excluding carboxylic acids is 1. The molecular weight excluding hydrogens is 180 g/mol. The molecule has 4 nitrogen and oxygen atoms in total. The summed E-state index contributed by atoms with van der Waals surface area (Å²) >= 11 is 0. The van der Waals surface area contributed by atoms with Crippen LogP contribution in [0.1, 0.15) is 32.6 Å². The van der Waals surface area contributed by atoms with E-state index in [4.69, 9.17) is 5.73 Å². The first-order chi connectivity index (χ1) is 6.63. The first-order valence-electron chi connectivity index (χ1n) is 5.34. The van der Waals surface area contributed by atoms with Gasteiger partial charge in [0, 0.05) is 6.54 Å². The summed E-state index contributed by atoms with van der Waals surface area (Å²) < 4.78 is 0. The third-order valence-corrected chi connectivity index (χ3v) is 2.86. The molecule has 0 radical (unpaired) electrons. The number of nitrogens with two attached hydrogens (primary N) is 1. The molecule has 1 saturated carbocycles. The summed E-state index contributed by atoms with van der Waals surface area (Å²) in [6.07, 6.45) is 3.17. The number of hydrogen-bond donors (Lipinski definition) is 3. The largest absolute Gasteiger partial charge is 0.393 e. The maximum atomic E-state index is 11.3. The molecule has 82 valence electrons. The Balaban J connectivity index is 2.17. The molecule has 3 atom stereocenters. The Kier molecular flexibility index (Phi) is 4.35. The molecule has 0 aromatic carbocycles. The summed E-state index contributed by atoms with van der Waals surface area (Å²) in [5.41, 5.74) is 5.57. The fourth-order valence-corrected chi connectivity index (χ4v) is 1.80. The van der Waals surface area contributed by atoms with Crippen LogP contribution in [0, 0.1) is 5.92 Å². The fraction of sp³-hybridized carbons (Fsp3) is 0.900. The Morgan fingerprint density at radius 1 is 1.64 bits per heavy atom. The summed E-state index contributed by atoms with van der Waals surface area (Å²) in [5.74, 6) is 0.354. The molecule has 0 heterocycles. The number of carbonyl (C=O) groups is 1. The van der Waals surface area contributed by atoms with Crippen LogP contribution in [0.15, 0.2) is 0 Å². The van der Waals surface area contributed by atoms with Gasteiger partial charge >= 0.3 is 0 Å². The lowest BCUT2D eigenvalue weighted by Gasteiger charge is -2.13. The second kappa shape index (κ2) is 5.32. The zero-order valence-electron chi connectivity index (χ0n) is 8.70. The number of rotatable bonds is 4. The molecule has 1 amide bonds. The monoisotopic (exact) mass is 200 g/mol. The lowest BCUT2D eigenvalue weighted by Crippen LogP contribution is -2.41. The van der Waals surface area contributed by atoms with Crippen LogP contribution in [0.25, 0.3) is 0 Å². The van der Waals surface area contributed by atoms with E-state index in [2.05, 4.69) is 5.32 Å². The van der Waals surface area contributed by atoms with E-state index in [1.165, 1.54) is 0 Å². The van der Waals surface area contributed by atoms with E-state index >= 15 is 0 Å². The van der Waals surface area contributed by atoms with Gasteiger partial charge in [-0.3, -0.25) is 4.79 Å². The molecule has 0 spiro atoms. The van der Waals surface area contributed by atoms with Crippen molar-refractivity contribution in [1.29, 1.82) is 0 Å². The van der Waals surface area contributed by atoms with Crippen LogP contribution < -0.4 is 11.1 Å². The predicted molar refractivity (Wildman–Crippen MR) is 54.6 cm³/mol. The average Bonchev–Trinajstić information content (AvgIpc) is 2.59. The summed E-state index contributed by atoms with van der Waals surface area (Å²) in [6.45, 7) is 2.55. The molecule has 1 aliphatic carbocycles. The minimum absolute atomic E-state index is 0.0751. The number of hydrogen-bond acceptors (Lipinski definition) is 3. The van der Waals surface area contributed by atoms with Crippen LogP contribution in [0.2, 0.25) is 0 Å². The van der Waals surface area contributed by atoms with E-state index in [9.17, 15) is 9.90 Å². The lowest BCUT2D eigenvalue weighted by atomic mass is 10.1. The smallest absolute Gasteiger partial charge is 0.236 e. The molecular formula is C10H20N2O2. The maximum Gasteiger partial charge on any atom is 0.236 e. The highest BCUT2D eigenvalue weighted by Gasteiger charge is 2.23. The van der Waals surface area contributed by atoms with Crippen LogP contribution in [0.4, 0.5) is 0 Å². The van der Waals surface area contributed by atoms with E-state index < -0.39 is 0 Å². The summed E-state index contributed by atoms with van der Waals surface area (Å²) in [4.78, 5) is 11.3. The van der Waals surface area contributed by atoms with Crippen molar-refractivity contribution in [3.63, 3.8) is 0 Å². The van der Waals surface area contributed by atoms with E-state index in [1.807, 2.05) is 6.92 Å². The first kappa shape index (κ1) is 11.5. The van der Waals surface area contributed by atoms with Gasteiger partial charge in [-0.05, 0) is 31.6 Å². The van der Waals surface area contributed by atoms with Crippen molar-refractivity contribution in [1.82, 2.24) is 5.32 Å². The lowest BCUT2D eigenvalue weighted by molar-refractivity contribution is -0.122. The van der Waals surface area contributed by atoms with Gasteiger partial charge in [-0.2, -0.15) is 0 Å². The van der Waals surface area contributed by atoms with Crippen molar-refractivity contribution in [3.8, 4) is 0 Å². The molecule has 1 rings (SSSR count). The van der Waals surface area contributed by atoms with Crippen molar-refractivity contribution < 1.29 is 9.90 Å². The van der Waals surface area contributed by atoms with Crippen LogP contribution in [-0.2, 0) is 4.79 Å². The molecule has 0 aromatic heterocycles. The molecule has 4 N–H and O–H groups in total. The summed E-state index contributed by atoms with van der Waals surface area (Å²) in [6, 6.07) is -0.388. The van der Waals surface area contributed by atoms with Crippen molar-refractivity contribution in [2.24, 2.45) is 11.7 Å². The quantitative estimate of drug-likeness (QED) is 0.598. The SMILES string of the molecule is CC[C@H](N)C(=O)NCC1CCC(O)C1. The van der Waals surface area contributed by atoms with Gasteiger partial charge in [0.15, 0.2) is 0 Å². The van der Waals surface area contributed by atoms with Crippen molar-refractivity contribution in [2.75, 3.05) is 6.54 Å². The zero-order chi connectivity index (χ0) is 10.6. The van der Waals surface area contributed by atoms with E-state index in [-0.39, 0.29) is 18.1 Å². The molecule has 0 bridgehead atoms. The first-order valence-corrected chi connectivity index (χ1v) is 5.34. The zero-order valence-corrected chi connectivity index (χ0v) is 8.70. The molecule has 1 aliphatic rings. The van der Waals surface area contributed by atoms with E-state index in [0.717, 1.165) is 19.3 Å². The Bertz CT molecular complexity index is 197. The van der Waals surface area contributed by atoms with Gasteiger partial charge in [0.1, 0.15) is 0 Å². The average molecular weight is 200 g/mol. The highest BCUT2D eigenvalue weighted by atomic mass is 16.3. The molecule has 2 unspecified atom stereocenters. The van der Waals surface area contributed by atoms with Crippen molar-refractivity contribution in [2.45, 2.75) is 44.8 Å². The van der Waals surface area contributed by atoms with Crippen molar-refractivity contribution in [3.05, 3.63) is 0 Å². The Hall–Kier alpha value is -0.610. The topological polar surface area (TPSA) is 75.4 Å². The highest BCUT2D eigenvalue weighted by molar-refractivity contribution is 5.81. The maximum absolute atomic E-state index is 11.3. The van der Waals surface area contributed by atoms with Crippen LogP contribution in [0.3, 0.4) is 0 Å². The number of nitrogens with one attached hydrogen (secondary N) is 1. The highest BCUT2D eigenvalue weighted by Crippen LogP contribution is 2.24. The second-order valence-electron chi connectivity index (χ2n) is 4.09. The predicted octanol–water partition coefficient (Wildman–Crippen LogP) is 0.000900. The van der Waals surface area contributed by atoms with Gasteiger partial charge in [0.25, 0.3) is 0 Å². The Labute approximate surface area is 84.9 Å². The second-order valence-corrected chi connectivity index (χ2v) is 4.09. The summed E-state index contributed by atoms with van der Waals surface area (Å²) in [5, 5.41) is 12.1. The van der Waals surface area contributed by atoms with Gasteiger partial charge in [-0.25, -0.2) is 0 Å². The molecule has 0 aliphatic heterocycles. The van der Waals surface area contributed by atoms with Gasteiger partial charge in [0.2, 0.25) is 5.91 Å². The van der Waals surface area contributed by atoms with E-state index in [0.29, 0.717) is 18.9 Å². The van der Waals surface area contributed by atoms with Crippen LogP contribution in [-0.4, -0.2) is 29.7 Å². The standard InChI is InChI=1S/C10H20N2O2/c1-2-9(11)10(14)12-6-7-3-4-8(13)5-7/h7-9,13H,2-6,11H2,1H3,(H,12,14)/t7?,8?,9-/m0/s1. The van der Waals surface area contributed by atoms with E-state index in [1.54, 1.807) is 0 Å². The molecule has 14 heavy (non-hydrogen) atoms. The minimum Gasteiger partial charge on any atom is -0.393 e. The molecule has 4 heteroatoms. The van der Waals surface area contributed by atoms with Crippen molar-refractivity contribution >= 4 is 5.91 Å². The fourth-order valence-electron chi connectivity index (χ4n) is 1.80. The van der Waals surface area contributed by atoms with Crippen LogP contribution in [0.5, 0.6) is 0 Å². The molecule has 1 fully saturated rings. The van der Waals surface area contributed by atoms with Gasteiger partial charge in [-0.15, -0.1) is 0 Å². The molecule has 0 aromatic rings. The van der Waals surface area contributed by atoms with Gasteiger partial charge in [-0.1, -0.05) is 6.92 Å². The van der Waals surface area contributed by atoms with Gasteiger partial charge in [0.05, 0.1) is 12.1 Å². The minimum atomic E-state index is -0.388. The number of aliphatic hydroxyl groups excluding tert-OH is 1. The Morgan fingerprint density at radius 2 is 2.36 bits per heavy atom. The third-order valence-electron chi connectivity index (χ3n) is 2.86. The Morgan fingerprint density at radius 3 is 2.86 bits per heavy atom. The third kappa shape index (κ3) is 3.27. The molecule has 0 saturated heterocycles. The summed E-state index contributed by atoms with van der Waals surface area (Å²) in [7, 11) is 0. The number of amides is 1. The number of aliphatic hydroxyl groups is 1. The normalized spacial score (nSPS) is 28.8. The van der Waals surface area contributed by atoms with Crippen LogP contribution >= 0.6 is 0 Å².